The maximum atomic E-state index is 11.8. The Kier molecular flexibility index (Phi) is 5.75. The van der Waals surface area contributed by atoms with Gasteiger partial charge in [0.1, 0.15) is 11.7 Å². The number of hydrogen-bond donors (Lipinski definition) is 2. The Balaban J connectivity index is 1.48. The van der Waals surface area contributed by atoms with Crippen molar-refractivity contribution in [2.75, 3.05) is 36.4 Å². The number of primary amides is 1. The molecule has 1 aromatic carbocycles. The standard InChI is InChI=1S/C22H27N7O2/c1-3-19(20(23)31)29-9-8-16-14-24-22(26-21(16)29)25-17-4-6-18(7-5-17)28-12-10-27(11-13-28)15(2)30/h4-9,14,19H,3,10-13H2,1-2H3,(H2,23,31)(H,24,25,26). The Hall–Kier alpha value is -3.62. The van der Waals surface area contributed by atoms with Gasteiger partial charge in [-0.25, -0.2) is 4.98 Å². The molecule has 31 heavy (non-hydrogen) atoms. The first kappa shape index (κ1) is 20.6. The fourth-order valence-electron chi connectivity index (χ4n) is 3.95. The van der Waals surface area contributed by atoms with Crippen molar-refractivity contribution in [3.8, 4) is 0 Å². The minimum atomic E-state index is -0.442. The maximum Gasteiger partial charge on any atom is 0.240 e. The Morgan fingerprint density at radius 2 is 1.84 bits per heavy atom. The van der Waals surface area contributed by atoms with E-state index in [1.54, 1.807) is 17.7 Å². The summed E-state index contributed by atoms with van der Waals surface area (Å²) in [6, 6.07) is 9.50. The monoisotopic (exact) mass is 421 g/mol. The van der Waals surface area contributed by atoms with Crippen molar-refractivity contribution >= 4 is 40.2 Å². The Morgan fingerprint density at radius 1 is 1.13 bits per heavy atom. The lowest BCUT2D eigenvalue weighted by Gasteiger charge is -2.35. The third-order valence-electron chi connectivity index (χ3n) is 5.72. The molecule has 0 bridgehead atoms. The van der Waals surface area contributed by atoms with Crippen LogP contribution in [-0.4, -0.2) is 57.4 Å². The summed E-state index contributed by atoms with van der Waals surface area (Å²) in [5.74, 6) is 0.200. The van der Waals surface area contributed by atoms with E-state index < -0.39 is 6.04 Å². The summed E-state index contributed by atoms with van der Waals surface area (Å²) < 4.78 is 1.80. The zero-order valence-electron chi connectivity index (χ0n) is 17.8. The number of benzene rings is 1. The van der Waals surface area contributed by atoms with Crippen LogP contribution in [0.4, 0.5) is 17.3 Å². The predicted molar refractivity (Wildman–Crippen MR) is 120 cm³/mol. The predicted octanol–water partition coefficient (Wildman–Crippen LogP) is 2.28. The molecule has 1 aliphatic rings. The van der Waals surface area contributed by atoms with Crippen LogP contribution in [0, 0.1) is 0 Å². The van der Waals surface area contributed by atoms with Gasteiger partial charge in [0.2, 0.25) is 17.8 Å². The lowest BCUT2D eigenvalue weighted by molar-refractivity contribution is -0.129. The minimum absolute atomic E-state index is 0.128. The van der Waals surface area contributed by atoms with E-state index in [9.17, 15) is 9.59 Å². The molecule has 9 heteroatoms. The molecule has 1 saturated heterocycles. The fourth-order valence-corrected chi connectivity index (χ4v) is 3.95. The molecule has 162 valence electrons. The number of nitrogens with two attached hydrogens (primary N) is 1. The molecule has 4 rings (SSSR count). The third-order valence-corrected chi connectivity index (χ3v) is 5.72. The van der Waals surface area contributed by atoms with Gasteiger partial charge in [0.15, 0.2) is 0 Å². The Labute approximate surface area is 180 Å². The quantitative estimate of drug-likeness (QED) is 0.632. The van der Waals surface area contributed by atoms with Gasteiger partial charge in [-0.15, -0.1) is 0 Å². The van der Waals surface area contributed by atoms with E-state index in [-0.39, 0.29) is 11.8 Å². The topological polar surface area (TPSA) is 109 Å². The number of hydrogen-bond acceptors (Lipinski definition) is 6. The number of carbonyl (C=O) groups excluding carboxylic acids is 2. The first-order chi connectivity index (χ1) is 15.0. The van der Waals surface area contributed by atoms with Crippen LogP contribution in [0.25, 0.3) is 11.0 Å². The second kappa shape index (κ2) is 8.63. The maximum absolute atomic E-state index is 11.8. The summed E-state index contributed by atoms with van der Waals surface area (Å²) in [6.07, 6.45) is 4.15. The lowest BCUT2D eigenvalue weighted by atomic mass is 10.2. The van der Waals surface area contributed by atoms with Gasteiger partial charge in [-0.2, -0.15) is 4.98 Å². The molecule has 2 aromatic heterocycles. The van der Waals surface area contributed by atoms with Crippen LogP contribution in [0.3, 0.4) is 0 Å². The second-order valence-corrected chi connectivity index (χ2v) is 7.69. The highest BCUT2D eigenvalue weighted by Crippen LogP contribution is 2.24. The molecule has 3 aromatic rings. The highest BCUT2D eigenvalue weighted by Gasteiger charge is 2.19. The van der Waals surface area contributed by atoms with E-state index in [4.69, 9.17) is 5.73 Å². The SMILES string of the molecule is CCC(C(N)=O)n1ccc2cnc(Nc3ccc(N4CCN(C(C)=O)CC4)cc3)nc21. The molecule has 2 amide bonds. The third kappa shape index (κ3) is 4.30. The van der Waals surface area contributed by atoms with Crippen LogP contribution in [-0.2, 0) is 9.59 Å². The molecule has 1 atom stereocenters. The van der Waals surface area contributed by atoms with Crippen molar-refractivity contribution < 1.29 is 9.59 Å². The molecule has 0 saturated carbocycles. The second-order valence-electron chi connectivity index (χ2n) is 7.69. The number of rotatable bonds is 6. The molecule has 3 N–H and O–H groups in total. The lowest BCUT2D eigenvalue weighted by Crippen LogP contribution is -2.48. The first-order valence-electron chi connectivity index (χ1n) is 10.5. The summed E-state index contributed by atoms with van der Waals surface area (Å²) in [5, 5.41) is 4.08. The van der Waals surface area contributed by atoms with Gasteiger partial charge in [0.05, 0.1) is 0 Å². The van der Waals surface area contributed by atoms with Crippen molar-refractivity contribution in [1.29, 1.82) is 0 Å². The first-order valence-corrected chi connectivity index (χ1v) is 10.5. The Bertz CT molecular complexity index is 1080. The van der Waals surface area contributed by atoms with Crippen LogP contribution in [0.2, 0.25) is 0 Å². The highest BCUT2D eigenvalue weighted by atomic mass is 16.2. The number of anilines is 3. The van der Waals surface area contributed by atoms with Gasteiger partial charge in [0.25, 0.3) is 0 Å². The van der Waals surface area contributed by atoms with Crippen LogP contribution in [0.15, 0.2) is 42.7 Å². The van der Waals surface area contributed by atoms with Gasteiger partial charge in [-0.05, 0) is 36.8 Å². The average molecular weight is 422 g/mol. The number of piperazine rings is 1. The van der Waals surface area contributed by atoms with E-state index in [0.29, 0.717) is 18.0 Å². The van der Waals surface area contributed by atoms with Gasteiger partial charge in [-0.1, -0.05) is 6.92 Å². The van der Waals surface area contributed by atoms with E-state index >= 15 is 0 Å². The van der Waals surface area contributed by atoms with Crippen LogP contribution >= 0.6 is 0 Å². The zero-order valence-corrected chi connectivity index (χ0v) is 17.8. The number of nitrogens with zero attached hydrogens (tertiary/aromatic N) is 5. The van der Waals surface area contributed by atoms with Crippen LogP contribution in [0.1, 0.15) is 26.3 Å². The number of aromatic nitrogens is 3. The normalized spacial score (nSPS) is 15.2. The summed E-state index contributed by atoms with van der Waals surface area (Å²) in [6.45, 7) is 6.66. The molecular weight excluding hydrogens is 394 g/mol. The molecular formula is C22H27N7O2. The molecule has 0 aliphatic carbocycles. The molecule has 0 radical (unpaired) electrons. The van der Waals surface area contributed by atoms with E-state index in [0.717, 1.165) is 42.9 Å². The minimum Gasteiger partial charge on any atom is -0.368 e. The largest absolute Gasteiger partial charge is 0.368 e. The van der Waals surface area contributed by atoms with Gasteiger partial charge in [-0.3, -0.25) is 9.59 Å². The van der Waals surface area contributed by atoms with E-state index in [1.165, 1.54) is 0 Å². The molecule has 3 heterocycles. The molecule has 1 fully saturated rings. The summed E-state index contributed by atoms with van der Waals surface area (Å²) in [5.41, 5.74) is 8.20. The smallest absolute Gasteiger partial charge is 0.240 e. The average Bonchev–Trinajstić information content (AvgIpc) is 3.18. The number of fused-ring (bicyclic) bond motifs is 1. The summed E-state index contributed by atoms with van der Waals surface area (Å²) in [4.78, 5) is 36.4. The zero-order chi connectivity index (χ0) is 22.0. The van der Waals surface area contributed by atoms with Crippen LogP contribution in [0.5, 0.6) is 0 Å². The van der Waals surface area contributed by atoms with E-state index in [1.807, 2.05) is 48.4 Å². The molecule has 9 nitrogen and oxygen atoms in total. The number of carbonyl (C=O) groups is 2. The van der Waals surface area contributed by atoms with Crippen molar-refractivity contribution in [2.45, 2.75) is 26.3 Å². The van der Waals surface area contributed by atoms with Gasteiger partial charge in [0, 0.05) is 62.3 Å². The summed E-state index contributed by atoms with van der Waals surface area (Å²) in [7, 11) is 0. The van der Waals surface area contributed by atoms with Crippen molar-refractivity contribution in [3.05, 3.63) is 42.7 Å². The molecule has 0 spiro atoms. The highest BCUT2D eigenvalue weighted by molar-refractivity contribution is 5.83. The van der Waals surface area contributed by atoms with Crippen LogP contribution < -0.4 is 16.0 Å². The van der Waals surface area contributed by atoms with Crippen molar-refractivity contribution in [2.24, 2.45) is 5.73 Å². The molecule has 1 unspecified atom stereocenters. The summed E-state index contributed by atoms with van der Waals surface area (Å²) >= 11 is 0. The van der Waals surface area contributed by atoms with Gasteiger partial charge < -0.3 is 25.4 Å². The van der Waals surface area contributed by atoms with E-state index in [2.05, 4.69) is 20.2 Å². The van der Waals surface area contributed by atoms with Crippen molar-refractivity contribution in [3.63, 3.8) is 0 Å². The number of nitrogens with one attached hydrogen (secondary N) is 1. The fraction of sp³-hybridized carbons (Fsp3) is 0.364. The number of amides is 2. The molecule has 1 aliphatic heterocycles. The van der Waals surface area contributed by atoms with Gasteiger partial charge >= 0.3 is 0 Å². The van der Waals surface area contributed by atoms with Crippen molar-refractivity contribution in [1.82, 2.24) is 19.4 Å². The Morgan fingerprint density at radius 3 is 2.45 bits per heavy atom.